The molecule has 78 valence electrons. The second-order valence-electron chi connectivity index (χ2n) is 3.67. The van der Waals surface area contributed by atoms with Crippen LogP contribution in [0.3, 0.4) is 0 Å². The SMILES string of the molecule is CC(C)(CN=C(N)NO)c1cccs1. The largest absolute Gasteiger partial charge is 0.368 e. The minimum Gasteiger partial charge on any atom is -0.368 e. The summed E-state index contributed by atoms with van der Waals surface area (Å²) < 4.78 is 0. The van der Waals surface area contributed by atoms with Crippen molar-refractivity contribution in [2.75, 3.05) is 6.54 Å². The molecule has 1 aromatic heterocycles. The maximum Gasteiger partial charge on any atom is 0.212 e. The Morgan fingerprint density at radius 3 is 2.93 bits per heavy atom. The van der Waals surface area contributed by atoms with Crippen LogP contribution in [0.2, 0.25) is 0 Å². The van der Waals surface area contributed by atoms with Crippen LogP contribution in [0.4, 0.5) is 0 Å². The zero-order chi connectivity index (χ0) is 10.6. The second-order valence-corrected chi connectivity index (χ2v) is 4.62. The molecule has 0 bridgehead atoms. The number of rotatable bonds is 3. The van der Waals surface area contributed by atoms with Crippen LogP contribution < -0.4 is 11.2 Å². The van der Waals surface area contributed by atoms with Gasteiger partial charge in [0.15, 0.2) is 0 Å². The van der Waals surface area contributed by atoms with Crippen LogP contribution in [-0.4, -0.2) is 17.7 Å². The zero-order valence-corrected chi connectivity index (χ0v) is 9.14. The van der Waals surface area contributed by atoms with Gasteiger partial charge in [0.1, 0.15) is 0 Å². The lowest BCUT2D eigenvalue weighted by Gasteiger charge is -2.20. The Kier molecular flexibility index (Phi) is 3.49. The number of hydroxylamine groups is 1. The standard InChI is InChI=1S/C9H15N3OS/c1-9(2,6-11-8(10)12-13)7-4-3-5-14-7/h3-5,13H,6H2,1-2H3,(H3,10,11,12). The molecule has 0 unspecified atom stereocenters. The highest BCUT2D eigenvalue weighted by Crippen LogP contribution is 2.27. The summed E-state index contributed by atoms with van der Waals surface area (Å²) in [5.41, 5.74) is 7.09. The van der Waals surface area contributed by atoms with E-state index in [1.165, 1.54) is 4.88 Å². The average Bonchev–Trinajstić information content (AvgIpc) is 2.67. The van der Waals surface area contributed by atoms with E-state index in [1.807, 2.05) is 16.9 Å². The van der Waals surface area contributed by atoms with E-state index in [2.05, 4.69) is 24.9 Å². The maximum absolute atomic E-state index is 8.46. The monoisotopic (exact) mass is 213 g/mol. The molecule has 0 amide bonds. The number of nitrogens with two attached hydrogens (primary N) is 1. The zero-order valence-electron chi connectivity index (χ0n) is 8.32. The Bertz CT molecular complexity index is 306. The third-order valence-corrected chi connectivity index (χ3v) is 3.18. The molecule has 5 heteroatoms. The molecule has 0 aliphatic carbocycles. The first kappa shape index (κ1) is 11.0. The number of aliphatic imine (C=N–C) groups is 1. The number of hydrogen-bond donors (Lipinski definition) is 3. The van der Waals surface area contributed by atoms with Gasteiger partial charge in [0, 0.05) is 10.3 Å². The van der Waals surface area contributed by atoms with Crippen molar-refractivity contribution in [1.82, 2.24) is 5.48 Å². The molecule has 0 fully saturated rings. The van der Waals surface area contributed by atoms with Gasteiger partial charge in [-0.3, -0.25) is 10.2 Å². The molecule has 0 saturated carbocycles. The Labute approximate surface area is 87.4 Å². The van der Waals surface area contributed by atoms with Crippen molar-refractivity contribution < 1.29 is 5.21 Å². The van der Waals surface area contributed by atoms with E-state index in [1.54, 1.807) is 11.3 Å². The average molecular weight is 213 g/mol. The second kappa shape index (κ2) is 4.43. The summed E-state index contributed by atoms with van der Waals surface area (Å²) in [5, 5.41) is 10.5. The molecular weight excluding hydrogens is 198 g/mol. The fourth-order valence-corrected chi connectivity index (χ4v) is 1.90. The lowest BCUT2D eigenvalue weighted by molar-refractivity contribution is 0.232. The smallest absolute Gasteiger partial charge is 0.212 e. The van der Waals surface area contributed by atoms with Crippen molar-refractivity contribution in [2.24, 2.45) is 10.7 Å². The van der Waals surface area contributed by atoms with Crippen molar-refractivity contribution in [3.05, 3.63) is 22.4 Å². The van der Waals surface area contributed by atoms with E-state index in [-0.39, 0.29) is 11.4 Å². The summed E-state index contributed by atoms with van der Waals surface area (Å²) in [7, 11) is 0. The lowest BCUT2D eigenvalue weighted by atomic mass is 9.92. The van der Waals surface area contributed by atoms with E-state index in [0.29, 0.717) is 6.54 Å². The summed E-state index contributed by atoms with van der Waals surface area (Å²) in [6.45, 7) is 4.73. The van der Waals surface area contributed by atoms with Gasteiger partial charge in [-0.25, -0.2) is 5.48 Å². The van der Waals surface area contributed by atoms with Gasteiger partial charge in [0.05, 0.1) is 6.54 Å². The molecule has 0 aromatic carbocycles. The van der Waals surface area contributed by atoms with Gasteiger partial charge in [-0.2, -0.15) is 0 Å². The van der Waals surface area contributed by atoms with Crippen molar-refractivity contribution in [1.29, 1.82) is 0 Å². The summed E-state index contributed by atoms with van der Waals surface area (Å²) in [6, 6.07) is 4.09. The van der Waals surface area contributed by atoms with Crippen molar-refractivity contribution in [2.45, 2.75) is 19.3 Å². The number of nitrogens with one attached hydrogen (secondary N) is 1. The van der Waals surface area contributed by atoms with Crippen LogP contribution in [0.25, 0.3) is 0 Å². The van der Waals surface area contributed by atoms with E-state index < -0.39 is 0 Å². The van der Waals surface area contributed by atoms with Crippen molar-refractivity contribution in [3.8, 4) is 0 Å². The molecule has 4 N–H and O–H groups in total. The van der Waals surface area contributed by atoms with Crippen LogP contribution >= 0.6 is 11.3 Å². The van der Waals surface area contributed by atoms with Gasteiger partial charge in [-0.1, -0.05) is 19.9 Å². The summed E-state index contributed by atoms with van der Waals surface area (Å²) in [6.07, 6.45) is 0. The molecule has 0 atom stereocenters. The number of thiophene rings is 1. The molecule has 0 aliphatic heterocycles. The van der Waals surface area contributed by atoms with E-state index in [9.17, 15) is 0 Å². The van der Waals surface area contributed by atoms with Gasteiger partial charge in [-0.15, -0.1) is 11.3 Å². The van der Waals surface area contributed by atoms with E-state index >= 15 is 0 Å². The molecule has 0 radical (unpaired) electrons. The molecule has 0 aliphatic rings. The predicted molar refractivity (Wildman–Crippen MR) is 58.8 cm³/mol. The minimum atomic E-state index is -0.0460. The Hall–Kier alpha value is -1.07. The highest BCUT2D eigenvalue weighted by Gasteiger charge is 2.21. The predicted octanol–water partition coefficient (Wildman–Crippen LogP) is 1.32. The van der Waals surface area contributed by atoms with Gasteiger partial charge in [0.2, 0.25) is 5.96 Å². The molecule has 14 heavy (non-hydrogen) atoms. The number of guanidine groups is 1. The number of hydrogen-bond acceptors (Lipinski definition) is 3. The molecule has 0 saturated heterocycles. The third-order valence-electron chi connectivity index (χ3n) is 1.95. The molecule has 1 aromatic rings. The van der Waals surface area contributed by atoms with Crippen LogP contribution in [-0.2, 0) is 5.41 Å². The first-order valence-corrected chi connectivity index (χ1v) is 5.18. The first-order chi connectivity index (χ1) is 6.56. The van der Waals surface area contributed by atoms with Crippen LogP contribution in [0.1, 0.15) is 18.7 Å². The molecule has 4 nitrogen and oxygen atoms in total. The fourth-order valence-electron chi connectivity index (χ4n) is 1.06. The summed E-state index contributed by atoms with van der Waals surface area (Å²) in [5.74, 6) is 0.0506. The number of nitrogens with zero attached hydrogens (tertiary/aromatic N) is 1. The normalized spacial score (nSPS) is 12.9. The van der Waals surface area contributed by atoms with Gasteiger partial charge >= 0.3 is 0 Å². The summed E-state index contributed by atoms with van der Waals surface area (Å²) in [4.78, 5) is 5.27. The Morgan fingerprint density at radius 2 is 2.43 bits per heavy atom. The third kappa shape index (κ3) is 2.71. The molecular formula is C9H15N3OS. The van der Waals surface area contributed by atoms with Crippen LogP contribution in [0, 0.1) is 0 Å². The Morgan fingerprint density at radius 1 is 1.71 bits per heavy atom. The minimum absolute atomic E-state index is 0.0460. The van der Waals surface area contributed by atoms with E-state index in [4.69, 9.17) is 10.9 Å². The summed E-state index contributed by atoms with van der Waals surface area (Å²) >= 11 is 1.70. The van der Waals surface area contributed by atoms with E-state index in [0.717, 1.165) is 0 Å². The first-order valence-electron chi connectivity index (χ1n) is 4.30. The quantitative estimate of drug-likeness (QED) is 0.403. The van der Waals surface area contributed by atoms with Gasteiger partial charge in [-0.05, 0) is 11.4 Å². The molecule has 1 heterocycles. The van der Waals surface area contributed by atoms with Crippen molar-refractivity contribution >= 4 is 17.3 Å². The Balaban J connectivity index is 2.68. The topological polar surface area (TPSA) is 70.6 Å². The maximum atomic E-state index is 8.46. The van der Waals surface area contributed by atoms with Gasteiger partial charge < -0.3 is 5.73 Å². The molecule has 1 rings (SSSR count). The highest BCUT2D eigenvalue weighted by atomic mass is 32.1. The van der Waals surface area contributed by atoms with Gasteiger partial charge in [0.25, 0.3) is 0 Å². The fraction of sp³-hybridized carbons (Fsp3) is 0.444. The lowest BCUT2D eigenvalue weighted by Crippen LogP contribution is -2.31. The highest BCUT2D eigenvalue weighted by molar-refractivity contribution is 7.10. The molecule has 0 spiro atoms. The van der Waals surface area contributed by atoms with Crippen molar-refractivity contribution in [3.63, 3.8) is 0 Å². The van der Waals surface area contributed by atoms with Crippen LogP contribution in [0.5, 0.6) is 0 Å². The van der Waals surface area contributed by atoms with Crippen LogP contribution in [0.15, 0.2) is 22.5 Å².